The number of nitrogens with zero attached hydrogens (tertiary/aromatic N) is 4. The molecule has 0 saturated carbocycles. The molecule has 1 aliphatic rings. The summed E-state index contributed by atoms with van der Waals surface area (Å²) in [5, 5.41) is 9.37. The summed E-state index contributed by atoms with van der Waals surface area (Å²) in [6, 6.07) is 7.87. The highest BCUT2D eigenvalue weighted by Gasteiger charge is 2.28. The van der Waals surface area contributed by atoms with Crippen LogP contribution >= 0.6 is 0 Å². The lowest BCUT2D eigenvalue weighted by Crippen LogP contribution is -2.52. The molecule has 6 heteroatoms. The van der Waals surface area contributed by atoms with Gasteiger partial charge in [0.25, 0.3) is 0 Å². The van der Waals surface area contributed by atoms with Gasteiger partial charge in [-0.3, -0.25) is 4.90 Å². The van der Waals surface area contributed by atoms with Crippen LogP contribution in [0.1, 0.15) is 11.6 Å². The third-order valence-electron chi connectivity index (χ3n) is 3.65. The molecule has 1 unspecified atom stereocenters. The number of carbonyl (C=O) groups is 1. The SMILES string of the molecule is CN(C)C(=O)N1CCN(C(C#N)c2ccccc2F)CC1. The Morgan fingerprint density at radius 1 is 1.29 bits per heavy atom. The van der Waals surface area contributed by atoms with Gasteiger partial charge in [-0.25, -0.2) is 9.18 Å². The predicted octanol–water partition coefficient (Wildman–Crippen LogP) is 1.69. The van der Waals surface area contributed by atoms with E-state index in [2.05, 4.69) is 6.07 Å². The van der Waals surface area contributed by atoms with E-state index in [0.29, 0.717) is 31.7 Å². The third kappa shape index (κ3) is 3.31. The molecule has 0 N–H and O–H groups in total. The van der Waals surface area contributed by atoms with Crippen molar-refractivity contribution in [3.05, 3.63) is 35.6 Å². The van der Waals surface area contributed by atoms with Crippen molar-refractivity contribution in [2.45, 2.75) is 6.04 Å². The predicted molar refractivity (Wildman–Crippen MR) is 77.0 cm³/mol. The first-order valence-electron chi connectivity index (χ1n) is 6.89. The summed E-state index contributed by atoms with van der Waals surface area (Å²) in [4.78, 5) is 17.1. The van der Waals surface area contributed by atoms with E-state index in [1.807, 2.05) is 4.90 Å². The molecule has 0 aromatic heterocycles. The van der Waals surface area contributed by atoms with Crippen LogP contribution < -0.4 is 0 Å². The van der Waals surface area contributed by atoms with Gasteiger partial charge in [-0.2, -0.15) is 5.26 Å². The molecule has 5 nitrogen and oxygen atoms in total. The Bertz CT molecular complexity index is 547. The minimum absolute atomic E-state index is 0.0333. The number of nitriles is 1. The minimum atomic E-state index is -0.609. The fourth-order valence-corrected chi connectivity index (χ4v) is 2.50. The highest BCUT2D eigenvalue weighted by Crippen LogP contribution is 2.24. The Hall–Kier alpha value is -2.13. The number of halogens is 1. The monoisotopic (exact) mass is 290 g/mol. The molecule has 1 aliphatic heterocycles. The lowest BCUT2D eigenvalue weighted by molar-refractivity contribution is 0.110. The topological polar surface area (TPSA) is 50.6 Å². The van der Waals surface area contributed by atoms with Crippen molar-refractivity contribution in [3.8, 4) is 6.07 Å². The zero-order chi connectivity index (χ0) is 15.4. The molecular weight excluding hydrogens is 271 g/mol. The molecule has 1 atom stereocenters. The van der Waals surface area contributed by atoms with Crippen LogP contribution in [0.3, 0.4) is 0 Å². The zero-order valence-corrected chi connectivity index (χ0v) is 12.3. The molecule has 0 radical (unpaired) electrons. The standard InChI is InChI=1S/C15H19FN4O/c1-18(2)15(21)20-9-7-19(8-10-20)14(11-17)12-5-3-4-6-13(12)16/h3-6,14H,7-10H2,1-2H3. The number of rotatable bonds is 2. The van der Waals surface area contributed by atoms with Crippen LogP contribution in [-0.2, 0) is 0 Å². The number of piperazine rings is 1. The van der Waals surface area contributed by atoms with Gasteiger partial charge in [0, 0.05) is 45.8 Å². The van der Waals surface area contributed by atoms with Crippen molar-refractivity contribution in [1.82, 2.24) is 14.7 Å². The van der Waals surface area contributed by atoms with E-state index in [1.165, 1.54) is 11.0 Å². The number of urea groups is 1. The molecule has 1 heterocycles. The Labute approximate surface area is 124 Å². The van der Waals surface area contributed by atoms with Gasteiger partial charge in [0.2, 0.25) is 0 Å². The smallest absolute Gasteiger partial charge is 0.319 e. The summed E-state index contributed by atoms with van der Waals surface area (Å²) in [6.07, 6.45) is 0. The summed E-state index contributed by atoms with van der Waals surface area (Å²) in [5.41, 5.74) is 0.396. The number of hydrogen-bond donors (Lipinski definition) is 0. The summed E-state index contributed by atoms with van der Waals surface area (Å²) < 4.78 is 13.8. The van der Waals surface area contributed by atoms with Gasteiger partial charge in [0.15, 0.2) is 0 Å². The molecule has 0 bridgehead atoms. The number of hydrogen-bond acceptors (Lipinski definition) is 3. The highest BCUT2D eigenvalue weighted by atomic mass is 19.1. The molecule has 112 valence electrons. The van der Waals surface area contributed by atoms with Gasteiger partial charge in [0.05, 0.1) is 6.07 Å². The van der Waals surface area contributed by atoms with Gasteiger partial charge in [-0.05, 0) is 6.07 Å². The van der Waals surface area contributed by atoms with E-state index in [0.717, 1.165) is 0 Å². The molecule has 0 spiro atoms. The summed E-state index contributed by atoms with van der Waals surface area (Å²) in [6.45, 7) is 2.21. The van der Waals surface area contributed by atoms with Gasteiger partial charge >= 0.3 is 6.03 Å². The van der Waals surface area contributed by atoms with Gasteiger partial charge in [-0.1, -0.05) is 18.2 Å². The Morgan fingerprint density at radius 2 is 1.90 bits per heavy atom. The Kier molecular flexibility index (Phi) is 4.76. The van der Waals surface area contributed by atoms with Crippen molar-refractivity contribution < 1.29 is 9.18 Å². The Balaban J connectivity index is 2.06. The van der Waals surface area contributed by atoms with E-state index in [4.69, 9.17) is 0 Å². The van der Waals surface area contributed by atoms with Crippen LogP contribution in [0.15, 0.2) is 24.3 Å². The van der Waals surface area contributed by atoms with Crippen molar-refractivity contribution in [2.75, 3.05) is 40.3 Å². The van der Waals surface area contributed by atoms with E-state index in [1.54, 1.807) is 37.2 Å². The number of amides is 2. The van der Waals surface area contributed by atoms with Crippen LogP contribution in [0.2, 0.25) is 0 Å². The zero-order valence-electron chi connectivity index (χ0n) is 12.3. The molecule has 1 fully saturated rings. The van der Waals surface area contributed by atoms with Crippen molar-refractivity contribution in [2.24, 2.45) is 0 Å². The van der Waals surface area contributed by atoms with Crippen molar-refractivity contribution >= 4 is 6.03 Å². The Morgan fingerprint density at radius 3 is 2.43 bits per heavy atom. The van der Waals surface area contributed by atoms with E-state index in [9.17, 15) is 14.4 Å². The largest absolute Gasteiger partial charge is 0.331 e. The fraction of sp³-hybridized carbons (Fsp3) is 0.467. The van der Waals surface area contributed by atoms with Gasteiger partial charge in [-0.15, -0.1) is 0 Å². The van der Waals surface area contributed by atoms with Crippen LogP contribution in [0.4, 0.5) is 9.18 Å². The maximum absolute atomic E-state index is 13.8. The second kappa shape index (κ2) is 6.55. The second-order valence-electron chi connectivity index (χ2n) is 5.25. The minimum Gasteiger partial charge on any atom is -0.331 e. The number of benzene rings is 1. The summed E-state index contributed by atoms with van der Waals surface area (Å²) >= 11 is 0. The maximum atomic E-state index is 13.8. The lowest BCUT2D eigenvalue weighted by Gasteiger charge is -2.37. The molecule has 2 amide bonds. The van der Waals surface area contributed by atoms with Crippen LogP contribution in [0.5, 0.6) is 0 Å². The molecule has 21 heavy (non-hydrogen) atoms. The third-order valence-corrected chi connectivity index (χ3v) is 3.65. The van der Waals surface area contributed by atoms with E-state index >= 15 is 0 Å². The van der Waals surface area contributed by atoms with Gasteiger partial charge < -0.3 is 9.80 Å². The van der Waals surface area contributed by atoms with Crippen LogP contribution in [-0.4, -0.2) is 61.0 Å². The normalized spacial score (nSPS) is 17.1. The van der Waals surface area contributed by atoms with E-state index < -0.39 is 6.04 Å². The van der Waals surface area contributed by atoms with Crippen molar-refractivity contribution in [1.29, 1.82) is 5.26 Å². The molecule has 2 rings (SSSR count). The second-order valence-corrected chi connectivity index (χ2v) is 5.25. The quantitative estimate of drug-likeness (QED) is 0.833. The maximum Gasteiger partial charge on any atom is 0.319 e. The first-order chi connectivity index (χ1) is 10.0. The number of carbonyl (C=O) groups excluding carboxylic acids is 1. The summed E-state index contributed by atoms with van der Waals surface area (Å²) in [7, 11) is 3.43. The fourth-order valence-electron chi connectivity index (χ4n) is 2.50. The molecule has 1 aromatic rings. The van der Waals surface area contributed by atoms with E-state index in [-0.39, 0.29) is 11.8 Å². The molecule has 1 saturated heterocycles. The van der Waals surface area contributed by atoms with Crippen molar-refractivity contribution in [3.63, 3.8) is 0 Å². The van der Waals surface area contributed by atoms with Gasteiger partial charge in [0.1, 0.15) is 11.9 Å². The van der Waals surface area contributed by atoms with Crippen LogP contribution in [0.25, 0.3) is 0 Å². The average Bonchev–Trinajstić information content (AvgIpc) is 2.50. The highest BCUT2D eigenvalue weighted by molar-refractivity contribution is 5.73. The molecule has 0 aliphatic carbocycles. The first kappa shape index (κ1) is 15.3. The molecular formula is C15H19FN4O. The molecule has 1 aromatic carbocycles. The average molecular weight is 290 g/mol. The lowest BCUT2D eigenvalue weighted by atomic mass is 10.0. The van der Waals surface area contributed by atoms with Crippen LogP contribution in [0, 0.1) is 17.1 Å². The summed E-state index contributed by atoms with van der Waals surface area (Å²) in [5.74, 6) is -0.365. The first-order valence-corrected chi connectivity index (χ1v) is 6.89.